The van der Waals surface area contributed by atoms with E-state index in [2.05, 4.69) is 20.5 Å². The summed E-state index contributed by atoms with van der Waals surface area (Å²) in [5, 5.41) is 0. The maximum Gasteiger partial charge on any atom is 0.270 e. The number of rotatable bonds is 2. The molecule has 0 bridgehead atoms. The predicted octanol–water partition coefficient (Wildman–Crippen LogP) is 2.45. The van der Waals surface area contributed by atoms with Crippen LogP contribution in [-0.2, 0) is 4.74 Å². The lowest BCUT2D eigenvalue weighted by atomic mass is 10.2. The van der Waals surface area contributed by atoms with E-state index in [0.717, 1.165) is 10.2 Å². The van der Waals surface area contributed by atoms with Gasteiger partial charge in [0.15, 0.2) is 0 Å². The Bertz CT molecular complexity index is 468. The third kappa shape index (κ3) is 2.21. The first kappa shape index (κ1) is 12.2. The Morgan fingerprint density at radius 2 is 2.28 bits per heavy atom. The van der Waals surface area contributed by atoms with Crippen molar-refractivity contribution in [2.24, 2.45) is 0 Å². The zero-order valence-electron chi connectivity index (χ0n) is 10.4. The average molecular weight is 313 g/mol. The summed E-state index contributed by atoms with van der Waals surface area (Å²) in [7, 11) is 0. The molecule has 0 spiro atoms. The molecule has 3 rings (SSSR count). The average Bonchev–Trinajstić information content (AvgIpc) is 3.12. The van der Waals surface area contributed by atoms with Crippen LogP contribution in [0.25, 0.3) is 0 Å². The third-order valence-corrected chi connectivity index (χ3v) is 4.04. The van der Waals surface area contributed by atoms with Crippen LogP contribution in [0.1, 0.15) is 36.3 Å². The maximum atomic E-state index is 12.6. The molecule has 1 aromatic heterocycles. The van der Waals surface area contributed by atoms with Crippen LogP contribution in [0.15, 0.2) is 16.7 Å². The van der Waals surface area contributed by atoms with E-state index >= 15 is 0 Å². The normalized spacial score (nSPS) is 24.3. The number of nitrogens with zero attached hydrogens (tertiary/aromatic N) is 2. The van der Waals surface area contributed by atoms with Crippen LogP contribution >= 0.6 is 15.9 Å². The van der Waals surface area contributed by atoms with Gasteiger partial charge in [0.05, 0.1) is 19.3 Å². The highest BCUT2D eigenvalue weighted by molar-refractivity contribution is 9.10. The minimum atomic E-state index is 0.128. The van der Waals surface area contributed by atoms with Crippen LogP contribution in [0.2, 0.25) is 0 Å². The van der Waals surface area contributed by atoms with Gasteiger partial charge in [-0.05, 0) is 41.8 Å². The third-order valence-electron chi connectivity index (χ3n) is 3.60. The molecule has 4 nitrogen and oxygen atoms in total. The van der Waals surface area contributed by atoms with E-state index in [1.807, 2.05) is 24.1 Å². The van der Waals surface area contributed by atoms with Gasteiger partial charge in [0.2, 0.25) is 0 Å². The molecule has 18 heavy (non-hydrogen) atoms. The Hall–Kier alpha value is -0.810. The standard InChI is InChI=1S/C13H17BrN2O2/c1-9-8-18-5-4-15(9)13(17)12-6-10(14)7-16(12)11-2-3-11/h6-7,9,11H,2-5,8H2,1H3/t9-/m1/s1. The minimum absolute atomic E-state index is 0.128. The van der Waals surface area contributed by atoms with E-state index in [1.54, 1.807) is 0 Å². The van der Waals surface area contributed by atoms with E-state index in [9.17, 15) is 4.79 Å². The number of carbonyl (C=O) groups excluding carboxylic acids is 1. The second kappa shape index (κ2) is 4.70. The quantitative estimate of drug-likeness (QED) is 0.840. The summed E-state index contributed by atoms with van der Waals surface area (Å²) in [5.41, 5.74) is 0.804. The highest BCUT2D eigenvalue weighted by atomic mass is 79.9. The fourth-order valence-corrected chi connectivity index (χ4v) is 2.89. The predicted molar refractivity (Wildman–Crippen MR) is 71.7 cm³/mol. The molecule has 2 fully saturated rings. The molecule has 1 saturated heterocycles. The lowest BCUT2D eigenvalue weighted by Gasteiger charge is -2.33. The number of hydrogen-bond donors (Lipinski definition) is 0. The fraction of sp³-hybridized carbons (Fsp3) is 0.615. The second-order valence-corrected chi connectivity index (χ2v) is 6.02. The summed E-state index contributed by atoms with van der Waals surface area (Å²) in [5.74, 6) is 0.128. The van der Waals surface area contributed by atoms with E-state index < -0.39 is 0 Å². The van der Waals surface area contributed by atoms with E-state index in [4.69, 9.17) is 4.74 Å². The molecule has 1 amide bonds. The number of halogens is 1. The molecular weight excluding hydrogens is 296 g/mol. The summed E-state index contributed by atoms with van der Waals surface area (Å²) in [6.07, 6.45) is 4.39. The lowest BCUT2D eigenvalue weighted by molar-refractivity contribution is 0.00301. The largest absolute Gasteiger partial charge is 0.377 e. The summed E-state index contributed by atoms with van der Waals surface area (Å²) < 4.78 is 8.49. The highest BCUT2D eigenvalue weighted by Gasteiger charge is 2.31. The van der Waals surface area contributed by atoms with Crippen LogP contribution in [0.4, 0.5) is 0 Å². The van der Waals surface area contributed by atoms with Crippen LogP contribution in [0, 0.1) is 0 Å². The molecule has 2 aliphatic rings. The summed E-state index contributed by atoms with van der Waals surface area (Å²) in [6, 6.07) is 2.61. The van der Waals surface area contributed by atoms with E-state index in [-0.39, 0.29) is 11.9 Å². The molecule has 1 aromatic rings. The first-order valence-electron chi connectivity index (χ1n) is 6.43. The van der Waals surface area contributed by atoms with Gasteiger partial charge >= 0.3 is 0 Å². The SMILES string of the molecule is C[C@@H]1COCCN1C(=O)c1cc(Br)cn1C1CC1. The van der Waals surface area contributed by atoms with Crippen LogP contribution < -0.4 is 0 Å². The molecule has 2 heterocycles. The Kier molecular flexibility index (Phi) is 3.20. The van der Waals surface area contributed by atoms with Gasteiger partial charge in [-0.25, -0.2) is 0 Å². The van der Waals surface area contributed by atoms with Crippen molar-refractivity contribution in [2.75, 3.05) is 19.8 Å². The molecular formula is C13H17BrN2O2. The van der Waals surface area contributed by atoms with Gasteiger partial charge in [0.1, 0.15) is 5.69 Å². The number of carbonyl (C=O) groups is 1. The number of morpholine rings is 1. The van der Waals surface area contributed by atoms with Crippen LogP contribution in [-0.4, -0.2) is 41.2 Å². The van der Waals surface area contributed by atoms with Crippen molar-refractivity contribution in [3.63, 3.8) is 0 Å². The monoisotopic (exact) mass is 312 g/mol. The Morgan fingerprint density at radius 1 is 1.50 bits per heavy atom. The van der Waals surface area contributed by atoms with Crippen molar-refractivity contribution >= 4 is 21.8 Å². The zero-order chi connectivity index (χ0) is 12.7. The highest BCUT2D eigenvalue weighted by Crippen LogP contribution is 2.37. The molecule has 0 unspecified atom stereocenters. The summed E-state index contributed by atoms with van der Waals surface area (Å²) in [6.45, 7) is 4.00. The fourth-order valence-electron chi connectivity index (χ4n) is 2.45. The van der Waals surface area contributed by atoms with Crippen molar-refractivity contribution in [1.82, 2.24) is 9.47 Å². The number of hydrogen-bond acceptors (Lipinski definition) is 2. The van der Waals surface area contributed by atoms with Crippen LogP contribution in [0.5, 0.6) is 0 Å². The van der Waals surface area contributed by atoms with Crippen molar-refractivity contribution < 1.29 is 9.53 Å². The number of aromatic nitrogens is 1. The maximum absolute atomic E-state index is 12.6. The molecule has 1 aliphatic heterocycles. The summed E-state index contributed by atoms with van der Waals surface area (Å²) >= 11 is 3.47. The topological polar surface area (TPSA) is 34.5 Å². The smallest absolute Gasteiger partial charge is 0.270 e. The Morgan fingerprint density at radius 3 is 2.94 bits per heavy atom. The van der Waals surface area contributed by atoms with Crippen molar-refractivity contribution in [1.29, 1.82) is 0 Å². The molecule has 1 saturated carbocycles. The zero-order valence-corrected chi connectivity index (χ0v) is 12.0. The van der Waals surface area contributed by atoms with Crippen molar-refractivity contribution in [3.8, 4) is 0 Å². The molecule has 5 heteroatoms. The summed E-state index contributed by atoms with van der Waals surface area (Å²) in [4.78, 5) is 14.5. The number of amides is 1. The van der Waals surface area contributed by atoms with Gasteiger partial charge in [-0.2, -0.15) is 0 Å². The van der Waals surface area contributed by atoms with E-state index in [0.29, 0.717) is 25.8 Å². The Labute approximate surface area is 115 Å². The number of ether oxygens (including phenoxy) is 1. The van der Waals surface area contributed by atoms with Crippen molar-refractivity contribution in [2.45, 2.75) is 31.8 Å². The molecule has 0 N–H and O–H groups in total. The lowest BCUT2D eigenvalue weighted by Crippen LogP contribution is -2.47. The van der Waals surface area contributed by atoms with Gasteiger partial charge in [-0.15, -0.1) is 0 Å². The van der Waals surface area contributed by atoms with Gasteiger partial charge in [0, 0.05) is 23.3 Å². The molecule has 98 valence electrons. The van der Waals surface area contributed by atoms with Gasteiger partial charge in [0.25, 0.3) is 5.91 Å². The Balaban J connectivity index is 1.86. The van der Waals surface area contributed by atoms with Crippen LogP contribution in [0.3, 0.4) is 0 Å². The van der Waals surface area contributed by atoms with Gasteiger partial charge in [-0.3, -0.25) is 4.79 Å². The van der Waals surface area contributed by atoms with Gasteiger partial charge < -0.3 is 14.2 Å². The first-order chi connectivity index (χ1) is 8.66. The molecule has 1 atom stereocenters. The second-order valence-electron chi connectivity index (χ2n) is 5.10. The van der Waals surface area contributed by atoms with Crippen molar-refractivity contribution in [3.05, 3.63) is 22.4 Å². The molecule has 0 aromatic carbocycles. The minimum Gasteiger partial charge on any atom is -0.377 e. The molecule has 1 aliphatic carbocycles. The molecule has 0 radical (unpaired) electrons. The first-order valence-corrected chi connectivity index (χ1v) is 7.22. The van der Waals surface area contributed by atoms with E-state index in [1.165, 1.54) is 12.8 Å². The van der Waals surface area contributed by atoms with Gasteiger partial charge in [-0.1, -0.05) is 0 Å².